The Bertz CT molecular complexity index is 1180. The Morgan fingerprint density at radius 1 is 1.25 bits per heavy atom. The zero-order valence-corrected chi connectivity index (χ0v) is 16.7. The number of imidazole rings is 1. The van der Waals surface area contributed by atoms with Gasteiger partial charge in [0.2, 0.25) is 0 Å². The van der Waals surface area contributed by atoms with Gasteiger partial charge in [0, 0.05) is 18.1 Å². The molecule has 0 spiro atoms. The second-order valence-corrected chi connectivity index (χ2v) is 8.10. The van der Waals surface area contributed by atoms with Gasteiger partial charge >= 0.3 is 0 Å². The summed E-state index contributed by atoms with van der Waals surface area (Å²) in [5.41, 5.74) is 3.20. The lowest BCUT2D eigenvalue weighted by Crippen LogP contribution is -1.98. The van der Waals surface area contributed by atoms with E-state index in [-0.39, 0.29) is 17.1 Å². The van der Waals surface area contributed by atoms with Gasteiger partial charge in [0.25, 0.3) is 0 Å². The molecule has 5 nitrogen and oxygen atoms in total. The fourth-order valence-electron chi connectivity index (χ4n) is 2.79. The summed E-state index contributed by atoms with van der Waals surface area (Å²) in [6, 6.07) is 17.9. The standard InChI is InChI=1S/C21H16N4OS2/c1-14-5-4-6-15(11-14)25-10-9-23-21(25)27-13-18(26)16(12-22)20-24-17-7-2-3-8-19(17)28-20/h2-11,26H,13H2,1H3/b18-16-. The van der Waals surface area contributed by atoms with Crippen LogP contribution < -0.4 is 0 Å². The molecule has 0 bridgehead atoms. The molecule has 0 aliphatic carbocycles. The van der Waals surface area contributed by atoms with Crippen LogP contribution in [-0.4, -0.2) is 25.4 Å². The van der Waals surface area contributed by atoms with Crippen LogP contribution in [0.5, 0.6) is 0 Å². The number of hydrogen-bond acceptors (Lipinski definition) is 6. The second kappa shape index (κ2) is 7.89. The quantitative estimate of drug-likeness (QED) is 0.275. The van der Waals surface area contributed by atoms with Crippen molar-refractivity contribution in [2.45, 2.75) is 12.1 Å². The molecule has 28 heavy (non-hydrogen) atoms. The first-order valence-corrected chi connectivity index (χ1v) is 10.4. The number of thioether (sulfide) groups is 1. The smallest absolute Gasteiger partial charge is 0.173 e. The number of aromatic nitrogens is 3. The van der Waals surface area contributed by atoms with E-state index in [1.54, 1.807) is 6.20 Å². The van der Waals surface area contributed by atoms with E-state index in [1.807, 2.05) is 60.2 Å². The fraction of sp³-hybridized carbons (Fsp3) is 0.0952. The van der Waals surface area contributed by atoms with Crippen LogP contribution in [0.15, 0.2) is 71.8 Å². The number of aryl methyl sites for hydroxylation is 1. The summed E-state index contributed by atoms with van der Waals surface area (Å²) in [5.74, 6) is 0.243. The van der Waals surface area contributed by atoms with Gasteiger partial charge in [-0.3, -0.25) is 4.57 Å². The summed E-state index contributed by atoms with van der Waals surface area (Å²) < 4.78 is 2.95. The maximum atomic E-state index is 10.6. The van der Waals surface area contributed by atoms with Gasteiger partial charge in [0.15, 0.2) is 5.16 Å². The molecule has 4 aromatic rings. The highest BCUT2D eigenvalue weighted by Crippen LogP contribution is 2.30. The van der Waals surface area contributed by atoms with Gasteiger partial charge in [-0.1, -0.05) is 36.0 Å². The highest BCUT2D eigenvalue weighted by Gasteiger charge is 2.15. The predicted molar refractivity (Wildman–Crippen MR) is 114 cm³/mol. The van der Waals surface area contributed by atoms with Crippen LogP contribution in [0.4, 0.5) is 0 Å². The summed E-state index contributed by atoms with van der Waals surface area (Å²) >= 11 is 2.78. The Balaban J connectivity index is 1.59. The zero-order valence-electron chi connectivity index (χ0n) is 15.0. The van der Waals surface area contributed by atoms with Crippen LogP contribution in [0, 0.1) is 18.3 Å². The van der Waals surface area contributed by atoms with Gasteiger partial charge in [0.05, 0.1) is 16.0 Å². The Morgan fingerprint density at radius 2 is 2.11 bits per heavy atom. The Morgan fingerprint density at radius 3 is 2.89 bits per heavy atom. The Kier molecular flexibility index (Phi) is 5.15. The molecular weight excluding hydrogens is 388 g/mol. The van der Waals surface area contributed by atoms with Crippen molar-refractivity contribution in [1.29, 1.82) is 5.26 Å². The van der Waals surface area contributed by atoms with Crippen molar-refractivity contribution in [2.24, 2.45) is 0 Å². The maximum Gasteiger partial charge on any atom is 0.173 e. The summed E-state index contributed by atoms with van der Waals surface area (Å²) in [6.07, 6.45) is 3.61. The number of rotatable bonds is 5. The zero-order chi connectivity index (χ0) is 19.5. The summed E-state index contributed by atoms with van der Waals surface area (Å²) in [4.78, 5) is 8.86. The van der Waals surface area contributed by atoms with Gasteiger partial charge in [-0.15, -0.1) is 11.3 Å². The van der Waals surface area contributed by atoms with Crippen LogP contribution in [-0.2, 0) is 0 Å². The van der Waals surface area contributed by atoms with Gasteiger partial charge in [-0.25, -0.2) is 9.97 Å². The third kappa shape index (κ3) is 3.65. The second-order valence-electron chi connectivity index (χ2n) is 6.13. The maximum absolute atomic E-state index is 10.6. The number of hydrogen-bond donors (Lipinski definition) is 1. The van der Waals surface area contributed by atoms with Crippen molar-refractivity contribution >= 4 is 38.9 Å². The molecule has 0 aliphatic rings. The molecule has 0 saturated carbocycles. The number of aliphatic hydroxyl groups is 1. The van der Waals surface area contributed by atoms with Crippen molar-refractivity contribution in [3.05, 3.63) is 77.3 Å². The van der Waals surface area contributed by atoms with Gasteiger partial charge in [-0.2, -0.15) is 5.26 Å². The molecule has 0 saturated heterocycles. The van der Waals surface area contributed by atoms with E-state index in [2.05, 4.69) is 22.1 Å². The van der Waals surface area contributed by atoms with E-state index < -0.39 is 0 Å². The number of para-hydroxylation sites is 1. The van der Waals surface area contributed by atoms with E-state index in [0.717, 1.165) is 26.6 Å². The van der Waals surface area contributed by atoms with Crippen LogP contribution >= 0.6 is 23.1 Å². The summed E-state index contributed by atoms with van der Waals surface area (Å²) in [7, 11) is 0. The minimum Gasteiger partial charge on any atom is -0.510 e. The minimum atomic E-state index is 0.00495. The first kappa shape index (κ1) is 18.3. The topological polar surface area (TPSA) is 74.7 Å². The monoisotopic (exact) mass is 404 g/mol. The lowest BCUT2D eigenvalue weighted by Gasteiger charge is -2.08. The molecule has 7 heteroatoms. The van der Waals surface area contributed by atoms with E-state index in [0.29, 0.717) is 5.01 Å². The molecule has 0 fully saturated rings. The number of thiazole rings is 1. The average Bonchev–Trinajstić information content (AvgIpc) is 3.33. The number of benzene rings is 2. The summed E-state index contributed by atoms with van der Waals surface area (Å²) in [6.45, 7) is 2.04. The lowest BCUT2D eigenvalue weighted by atomic mass is 10.2. The number of aliphatic hydroxyl groups excluding tert-OH is 1. The molecule has 0 unspecified atom stereocenters. The molecule has 0 atom stereocenters. The highest BCUT2D eigenvalue weighted by atomic mass is 32.2. The van der Waals surface area contributed by atoms with Crippen molar-refractivity contribution in [3.8, 4) is 11.8 Å². The molecule has 2 aromatic carbocycles. The van der Waals surface area contributed by atoms with Crippen LogP contribution in [0.2, 0.25) is 0 Å². The Labute approximate surface area is 170 Å². The van der Waals surface area contributed by atoms with E-state index in [4.69, 9.17) is 0 Å². The molecule has 2 heterocycles. The third-order valence-electron chi connectivity index (χ3n) is 4.13. The van der Waals surface area contributed by atoms with E-state index >= 15 is 0 Å². The van der Waals surface area contributed by atoms with Gasteiger partial charge in [0.1, 0.15) is 22.4 Å². The van der Waals surface area contributed by atoms with Crippen LogP contribution in [0.25, 0.3) is 21.5 Å². The molecule has 2 aromatic heterocycles. The third-order valence-corrected chi connectivity index (χ3v) is 6.16. The van der Waals surface area contributed by atoms with E-state index in [1.165, 1.54) is 23.1 Å². The van der Waals surface area contributed by atoms with Crippen LogP contribution in [0.3, 0.4) is 0 Å². The number of nitriles is 1. The van der Waals surface area contributed by atoms with Crippen molar-refractivity contribution < 1.29 is 5.11 Å². The van der Waals surface area contributed by atoms with Gasteiger partial charge < -0.3 is 5.11 Å². The first-order chi connectivity index (χ1) is 13.7. The average molecular weight is 405 g/mol. The molecule has 4 rings (SSSR count). The molecule has 138 valence electrons. The first-order valence-electron chi connectivity index (χ1n) is 8.57. The number of fused-ring (bicyclic) bond motifs is 1. The summed E-state index contributed by atoms with van der Waals surface area (Å²) in [5, 5.41) is 21.4. The van der Waals surface area contributed by atoms with Crippen molar-refractivity contribution in [1.82, 2.24) is 14.5 Å². The number of nitrogens with zero attached hydrogens (tertiary/aromatic N) is 4. The fourth-order valence-corrected chi connectivity index (χ4v) is 4.62. The number of allylic oxidation sites excluding steroid dienone is 1. The molecular formula is C21H16N4OS2. The SMILES string of the molecule is Cc1cccc(-n2ccnc2SC/C(O)=C(\C#N)c2nc3ccccc3s2)c1. The molecule has 0 aliphatic heterocycles. The highest BCUT2D eigenvalue weighted by molar-refractivity contribution is 7.99. The van der Waals surface area contributed by atoms with Crippen molar-refractivity contribution in [2.75, 3.05) is 5.75 Å². The minimum absolute atomic E-state index is 0.00495. The Hall–Kier alpha value is -3.08. The van der Waals surface area contributed by atoms with E-state index in [9.17, 15) is 10.4 Å². The molecule has 0 amide bonds. The molecule has 0 radical (unpaired) electrons. The van der Waals surface area contributed by atoms with Gasteiger partial charge in [-0.05, 0) is 36.8 Å². The largest absolute Gasteiger partial charge is 0.510 e. The predicted octanol–water partition coefficient (Wildman–Crippen LogP) is 5.38. The van der Waals surface area contributed by atoms with Crippen molar-refractivity contribution in [3.63, 3.8) is 0 Å². The lowest BCUT2D eigenvalue weighted by molar-refractivity contribution is 0.420. The normalized spacial score (nSPS) is 12.0. The molecule has 1 N–H and O–H groups in total. The van der Waals surface area contributed by atoms with Crippen LogP contribution in [0.1, 0.15) is 10.6 Å².